The first kappa shape index (κ1) is 7.48. The molecule has 5 nitrogen and oxygen atoms in total. The summed E-state index contributed by atoms with van der Waals surface area (Å²) < 4.78 is 3.62. The third-order valence-electron chi connectivity index (χ3n) is 1.51. The van der Waals surface area contributed by atoms with E-state index in [-0.39, 0.29) is 6.03 Å². The number of anilines is 1. The molecule has 0 aromatic carbocycles. The second kappa shape index (κ2) is 3.06. The molecule has 1 aromatic heterocycles. The summed E-state index contributed by atoms with van der Waals surface area (Å²) in [6, 6.07) is 0.217. The van der Waals surface area contributed by atoms with Crippen LogP contribution in [0.15, 0.2) is 6.20 Å². The minimum Gasteiger partial charge on any atom is -0.335 e. The molecule has 64 valence electrons. The van der Waals surface area contributed by atoms with E-state index in [1.807, 2.05) is 0 Å². The second-order valence-electron chi connectivity index (χ2n) is 2.65. The molecule has 0 spiro atoms. The molecule has 0 saturated heterocycles. The van der Waals surface area contributed by atoms with E-state index in [2.05, 4.69) is 20.2 Å². The summed E-state index contributed by atoms with van der Waals surface area (Å²) in [4.78, 5) is 11.1. The lowest BCUT2D eigenvalue weighted by molar-refractivity contribution is 0.252. The highest BCUT2D eigenvalue weighted by atomic mass is 32.1. The van der Waals surface area contributed by atoms with Crippen LogP contribution in [0, 0.1) is 0 Å². The fourth-order valence-corrected chi connectivity index (χ4v) is 1.20. The smallest absolute Gasteiger partial charge is 0.320 e. The standard InChI is InChI=1S/C6H8N4OS/c11-6(8-4-1-2-4)9-5-3-7-10-12-5/h3-4H,1-2H2,(H2,8,9,11). The Bertz CT molecular complexity index is 269. The zero-order chi connectivity index (χ0) is 8.39. The Hall–Kier alpha value is -1.17. The summed E-state index contributed by atoms with van der Waals surface area (Å²) in [6.45, 7) is 0. The molecule has 1 aliphatic rings. The number of aromatic nitrogens is 2. The van der Waals surface area contributed by atoms with Crippen LogP contribution in [0.25, 0.3) is 0 Å². The topological polar surface area (TPSA) is 66.9 Å². The monoisotopic (exact) mass is 184 g/mol. The number of carbonyl (C=O) groups is 1. The minimum atomic E-state index is -0.163. The zero-order valence-corrected chi connectivity index (χ0v) is 7.10. The van der Waals surface area contributed by atoms with Gasteiger partial charge >= 0.3 is 6.03 Å². The molecule has 1 fully saturated rings. The Morgan fingerprint density at radius 3 is 3.08 bits per heavy atom. The molecule has 6 heteroatoms. The van der Waals surface area contributed by atoms with E-state index in [9.17, 15) is 4.79 Å². The van der Waals surface area contributed by atoms with Crippen molar-refractivity contribution in [1.29, 1.82) is 0 Å². The molecule has 2 amide bonds. The van der Waals surface area contributed by atoms with E-state index in [4.69, 9.17) is 0 Å². The van der Waals surface area contributed by atoms with Gasteiger partial charge in [-0.05, 0) is 12.8 Å². The molecule has 2 N–H and O–H groups in total. The van der Waals surface area contributed by atoms with E-state index in [0.29, 0.717) is 11.0 Å². The Balaban J connectivity index is 1.82. The number of rotatable bonds is 2. The minimum absolute atomic E-state index is 0.163. The lowest BCUT2D eigenvalue weighted by Crippen LogP contribution is -2.29. The van der Waals surface area contributed by atoms with Crippen LogP contribution < -0.4 is 10.6 Å². The molecular formula is C6H8N4OS. The van der Waals surface area contributed by atoms with Gasteiger partial charge in [-0.3, -0.25) is 5.32 Å². The van der Waals surface area contributed by atoms with Crippen molar-refractivity contribution in [3.63, 3.8) is 0 Å². The third-order valence-corrected chi connectivity index (χ3v) is 2.09. The Morgan fingerprint density at radius 2 is 2.50 bits per heavy atom. The van der Waals surface area contributed by atoms with Crippen molar-refractivity contribution in [2.45, 2.75) is 18.9 Å². The van der Waals surface area contributed by atoms with Crippen molar-refractivity contribution >= 4 is 22.6 Å². The lowest BCUT2D eigenvalue weighted by Gasteiger charge is -2.01. The van der Waals surface area contributed by atoms with Gasteiger partial charge in [-0.25, -0.2) is 4.79 Å². The quantitative estimate of drug-likeness (QED) is 0.715. The predicted molar refractivity (Wildman–Crippen MR) is 45.1 cm³/mol. The first-order valence-electron chi connectivity index (χ1n) is 3.69. The molecule has 0 aliphatic heterocycles. The van der Waals surface area contributed by atoms with E-state index in [1.165, 1.54) is 17.7 Å². The van der Waals surface area contributed by atoms with Crippen LogP contribution >= 0.6 is 11.5 Å². The third kappa shape index (κ3) is 1.91. The van der Waals surface area contributed by atoms with Crippen LogP contribution in [-0.4, -0.2) is 21.7 Å². The summed E-state index contributed by atoms with van der Waals surface area (Å²) in [5.41, 5.74) is 0. The zero-order valence-electron chi connectivity index (χ0n) is 6.28. The predicted octanol–water partition coefficient (Wildman–Crippen LogP) is 0.822. The van der Waals surface area contributed by atoms with Gasteiger partial charge < -0.3 is 5.32 Å². The van der Waals surface area contributed by atoms with Crippen molar-refractivity contribution in [3.05, 3.63) is 6.20 Å². The average Bonchev–Trinajstić information content (AvgIpc) is 2.66. The number of hydrogen-bond donors (Lipinski definition) is 2. The lowest BCUT2D eigenvalue weighted by atomic mass is 10.7. The first-order chi connectivity index (χ1) is 5.84. The first-order valence-corrected chi connectivity index (χ1v) is 4.47. The van der Waals surface area contributed by atoms with Crippen LogP contribution in [0.5, 0.6) is 0 Å². The van der Waals surface area contributed by atoms with E-state index in [0.717, 1.165) is 12.8 Å². The summed E-state index contributed by atoms with van der Waals surface area (Å²) in [5.74, 6) is 0. The summed E-state index contributed by atoms with van der Waals surface area (Å²) >= 11 is 1.17. The fourth-order valence-electron chi connectivity index (χ4n) is 0.783. The number of amides is 2. The van der Waals surface area contributed by atoms with Gasteiger partial charge in [0.2, 0.25) is 0 Å². The molecule has 0 unspecified atom stereocenters. The highest BCUT2D eigenvalue weighted by molar-refractivity contribution is 7.10. The van der Waals surface area contributed by atoms with E-state index < -0.39 is 0 Å². The van der Waals surface area contributed by atoms with Gasteiger partial charge in [0.25, 0.3) is 0 Å². The van der Waals surface area contributed by atoms with Crippen molar-refractivity contribution in [2.75, 3.05) is 5.32 Å². The average molecular weight is 184 g/mol. The molecule has 1 aromatic rings. The Morgan fingerprint density at radius 1 is 1.67 bits per heavy atom. The molecule has 1 heterocycles. The number of carbonyl (C=O) groups excluding carboxylic acids is 1. The van der Waals surface area contributed by atoms with E-state index >= 15 is 0 Å². The molecule has 2 rings (SSSR count). The normalized spacial score (nSPS) is 15.7. The molecule has 0 bridgehead atoms. The summed E-state index contributed by atoms with van der Waals surface area (Å²) in [6.07, 6.45) is 3.71. The summed E-state index contributed by atoms with van der Waals surface area (Å²) in [5, 5.41) is 9.70. The molecule has 0 radical (unpaired) electrons. The van der Waals surface area contributed by atoms with Crippen molar-refractivity contribution in [1.82, 2.24) is 14.9 Å². The van der Waals surface area contributed by atoms with Crippen molar-refractivity contribution in [2.24, 2.45) is 0 Å². The van der Waals surface area contributed by atoms with Crippen LogP contribution in [0.1, 0.15) is 12.8 Å². The van der Waals surface area contributed by atoms with Gasteiger partial charge in [0, 0.05) is 17.6 Å². The molecule has 12 heavy (non-hydrogen) atoms. The molecule has 1 aliphatic carbocycles. The maximum Gasteiger partial charge on any atom is 0.320 e. The fraction of sp³-hybridized carbons (Fsp3) is 0.500. The van der Waals surface area contributed by atoms with Crippen LogP contribution in [0.3, 0.4) is 0 Å². The highest BCUT2D eigenvalue weighted by Crippen LogP contribution is 2.19. The van der Waals surface area contributed by atoms with Gasteiger partial charge in [0.05, 0.1) is 6.20 Å². The van der Waals surface area contributed by atoms with Crippen LogP contribution in [0.4, 0.5) is 9.80 Å². The van der Waals surface area contributed by atoms with Gasteiger partial charge in [-0.1, -0.05) is 4.49 Å². The number of nitrogens with zero attached hydrogens (tertiary/aromatic N) is 2. The SMILES string of the molecule is O=C(Nc1cnns1)NC1CC1. The molecule has 1 saturated carbocycles. The molecule has 0 atom stereocenters. The second-order valence-corrected chi connectivity index (χ2v) is 3.44. The van der Waals surface area contributed by atoms with Gasteiger partial charge in [-0.2, -0.15) is 0 Å². The van der Waals surface area contributed by atoms with Crippen molar-refractivity contribution in [3.8, 4) is 0 Å². The van der Waals surface area contributed by atoms with Gasteiger partial charge in [0.15, 0.2) is 0 Å². The van der Waals surface area contributed by atoms with Crippen LogP contribution in [0.2, 0.25) is 0 Å². The Kier molecular flexibility index (Phi) is 1.91. The maximum atomic E-state index is 11.1. The van der Waals surface area contributed by atoms with Crippen molar-refractivity contribution < 1.29 is 4.79 Å². The molecular weight excluding hydrogens is 176 g/mol. The van der Waals surface area contributed by atoms with Crippen LogP contribution in [-0.2, 0) is 0 Å². The summed E-state index contributed by atoms with van der Waals surface area (Å²) in [7, 11) is 0. The number of nitrogens with one attached hydrogen (secondary N) is 2. The maximum absolute atomic E-state index is 11.1. The highest BCUT2D eigenvalue weighted by Gasteiger charge is 2.23. The largest absolute Gasteiger partial charge is 0.335 e. The van der Waals surface area contributed by atoms with Gasteiger partial charge in [0.1, 0.15) is 5.00 Å². The number of hydrogen-bond acceptors (Lipinski definition) is 4. The van der Waals surface area contributed by atoms with Gasteiger partial charge in [-0.15, -0.1) is 5.10 Å². The Labute approximate surface area is 73.3 Å². The number of urea groups is 1. The van der Waals surface area contributed by atoms with E-state index in [1.54, 1.807) is 0 Å².